The summed E-state index contributed by atoms with van der Waals surface area (Å²) in [4.78, 5) is 6.45. The summed E-state index contributed by atoms with van der Waals surface area (Å²) >= 11 is 0. The van der Waals surface area contributed by atoms with Gasteiger partial charge in [0, 0.05) is 20.1 Å². The Morgan fingerprint density at radius 3 is 3.07 bits per heavy atom. The Morgan fingerprint density at radius 1 is 1.57 bits per heavy atom. The van der Waals surface area contributed by atoms with Crippen molar-refractivity contribution in [2.45, 2.75) is 18.6 Å². The predicted octanol–water partition coefficient (Wildman–Crippen LogP) is -0.973. The largest absolute Gasteiger partial charge is 0.388 e. The van der Waals surface area contributed by atoms with Gasteiger partial charge in [-0.1, -0.05) is 0 Å². The molecule has 1 fully saturated rings. The van der Waals surface area contributed by atoms with Crippen LogP contribution >= 0.6 is 0 Å². The van der Waals surface area contributed by atoms with E-state index in [1.54, 1.807) is 0 Å². The summed E-state index contributed by atoms with van der Waals surface area (Å²) in [6.07, 6.45) is 0.693. The molecule has 0 bridgehead atoms. The standard InChI is InChI=1S/C9H17N3O2/c1-12-4-2-3-10-9(12)11-7-5-14-6-8(7)13/h7-8,13H,2-6H2,1H3,(H,10,11). The zero-order valence-corrected chi connectivity index (χ0v) is 8.44. The monoisotopic (exact) mass is 199 g/mol. The molecule has 0 aromatic carbocycles. The molecule has 2 unspecified atom stereocenters. The number of guanidine groups is 1. The van der Waals surface area contributed by atoms with E-state index in [1.165, 1.54) is 0 Å². The summed E-state index contributed by atoms with van der Waals surface area (Å²) in [6, 6.07) is -0.00528. The first-order valence-corrected chi connectivity index (χ1v) is 5.05. The molecule has 0 spiro atoms. The maximum absolute atomic E-state index is 9.54. The normalized spacial score (nSPS) is 33.0. The van der Waals surface area contributed by atoms with Gasteiger partial charge < -0.3 is 20.1 Å². The van der Waals surface area contributed by atoms with Crippen molar-refractivity contribution in [3.8, 4) is 0 Å². The van der Waals surface area contributed by atoms with Crippen LogP contribution in [0.5, 0.6) is 0 Å². The van der Waals surface area contributed by atoms with Crippen LogP contribution in [-0.2, 0) is 4.74 Å². The highest BCUT2D eigenvalue weighted by Gasteiger charge is 2.28. The summed E-state index contributed by atoms with van der Waals surface area (Å²) in [5.74, 6) is 0.880. The van der Waals surface area contributed by atoms with E-state index >= 15 is 0 Å². The van der Waals surface area contributed by atoms with E-state index < -0.39 is 6.10 Å². The number of ether oxygens (including phenoxy) is 1. The summed E-state index contributed by atoms with van der Waals surface area (Å²) < 4.78 is 5.16. The number of aliphatic hydroxyl groups is 1. The van der Waals surface area contributed by atoms with E-state index in [-0.39, 0.29) is 6.04 Å². The lowest BCUT2D eigenvalue weighted by Crippen LogP contribution is -2.50. The fourth-order valence-electron chi connectivity index (χ4n) is 1.72. The highest BCUT2D eigenvalue weighted by atomic mass is 16.5. The molecule has 2 aliphatic heterocycles. The molecular formula is C9H17N3O2. The summed E-state index contributed by atoms with van der Waals surface area (Å²) in [5, 5.41) is 12.8. The average molecular weight is 199 g/mol. The Bertz CT molecular complexity index is 232. The third kappa shape index (κ3) is 1.99. The van der Waals surface area contributed by atoms with E-state index in [0.29, 0.717) is 13.2 Å². The molecule has 2 N–H and O–H groups in total. The van der Waals surface area contributed by atoms with Crippen molar-refractivity contribution in [2.24, 2.45) is 4.99 Å². The minimum Gasteiger partial charge on any atom is -0.388 e. The molecule has 2 aliphatic rings. The van der Waals surface area contributed by atoms with Crippen LogP contribution in [0.3, 0.4) is 0 Å². The Hall–Kier alpha value is -0.810. The quantitative estimate of drug-likeness (QED) is 0.570. The first-order chi connectivity index (χ1) is 6.77. The van der Waals surface area contributed by atoms with E-state index in [9.17, 15) is 5.11 Å². The molecule has 2 rings (SSSR count). The molecule has 0 saturated carbocycles. The third-order valence-electron chi connectivity index (χ3n) is 2.64. The lowest BCUT2D eigenvalue weighted by Gasteiger charge is -2.28. The maximum atomic E-state index is 9.54. The van der Waals surface area contributed by atoms with E-state index in [2.05, 4.69) is 15.2 Å². The van der Waals surface area contributed by atoms with Gasteiger partial charge in [0.2, 0.25) is 0 Å². The molecule has 1 saturated heterocycles. The van der Waals surface area contributed by atoms with Crippen LogP contribution in [-0.4, -0.2) is 61.5 Å². The molecule has 14 heavy (non-hydrogen) atoms. The van der Waals surface area contributed by atoms with Gasteiger partial charge >= 0.3 is 0 Å². The second-order valence-electron chi connectivity index (χ2n) is 3.84. The maximum Gasteiger partial charge on any atom is 0.194 e. The minimum atomic E-state index is -0.409. The van der Waals surface area contributed by atoms with Gasteiger partial charge in [0.05, 0.1) is 25.4 Å². The minimum absolute atomic E-state index is 0.00528. The van der Waals surface area contributed by atoms with E-state index in [1.807, 2.05) is 7.05 Å². The summed E-state index contributed by atoms with van der Waals surface area (Å²) in [5.41, 5.74) is 0. The Morgan fingerprint density at radius 2 is 2.43 bits per heavy atom. The van der Waals surface area contributed by atoms with Gasteiger partial charge in [0.25, 0.3) is 0 Å². The van der Waals surface area contributed by atoms with Crippen molar-refractivity contribution in [2.75, 3.05) is 33.4 Å². The van der Waals surface area contributed by atoms with Crippen molar-refractivity contribution in [3.05, 3.63) is 0 Å². The number of hydrogen-bond donors (Lipinski definition) is 2. The molecule has 0 amide bonds. The highest BCUT2D eigenvalue weighted by Crippen LogP contribution is 2.07. The van der Waals surface area contributed by atoms with Gasteiger partial charge in [0.15, 0.2) is 5.96 Å². The average Bonchev–Trinajstić information content (AvgIpc) is 2.56. The fraction of sp³-hybridized carbons (Fsp3) is 0.889. The Labute approximate surface area is 83.8 Å². The van der Waals surface area contributed by atoms with Crippen molar-refractivity contribution >= 4 is 5.96 Å². The van der Waals surface area contributed by atoms with Crippen molar-refractivity contribution in [1.29, 1.82) is 0 Å². The second-order valence-corrected chi connectivity index (χ2v) is 3.84. The molecule has 5 nitrogen and oxygen atoms in total. The SMILES string of the molecule is CN1CCCN=C1NC1COCC1O. The van der Waals surface area contributed by atoms with Crippen molar-refractivity contribution in [1.82, 2.24) is 10.2 Å². The summed E-state index contributed by atoms with van der Waals surface area (Å²) in [6.45, 7) is 2.88. The number of hydrogen-bond acceptors (Lipinski definition) is 5. The second kappa shape index (κ2) is 4.14. The van der Waals surface area contributed by atoms with Crippen LogP contribution in [0.4, 0.5) is 0 Å². The van der Waals surface area contributed by atoms with Gasteiger partial charge in [0.1, 0.15) is 0 Å². The number of aliphatic hydroxyl groups excluding tert-OH is 1. The smallest absolute Gasteiger partial charge is 0.194 e. The zero-order chi connectivity index (χ0) is 9.97. The van der Waals surface area contributed by atoms with Gasteiger partial charge in [-0.15, -0.1) is 0 Å². The van der Waals surface area contributed by atoms with Gasteiger partial charge in [-0.2, -0.15) is 0 Å². The molecule has 0 radical (unpaired) electrons. The number of nitrogens with zero attached hydrogens (tertiary/aromatic N) is 2. The molecule has 2 heterocycles. The van der Waals surface area contributed by atoms with Crippen LogP contribution < -0.4 is 5.32 Å². The van der Waals surface area contributed by atoms with Crippen LogP contribution in [0.1, 0.15) is 6.42 Å². The van der Waals surface area contributed by atoms with Crippen LogP contribution in [0.15, 0.2) is 4.99 Å². The van der Waals surface area contributed by atoms with Gasteiger partial charge in [-0.05, 0) is 6.42 Å². The molecule has 0 aromatic rings. The zero-order valence-electron chi connectivity index (χ0n) is 8.44. The molecule has 0 aliphatic carbocycles. The highest BCUT2D eigenvalue weighted by molar-refractivity contribution is 5.80. The van der Waals surface area contributed by atoms with Crippen molar-refractivity contribution < 1.29 is 9.84 Å². The van der Waals surface area contributed by atoms with Crippen LogP contribution in [0.25, 0.3) is 0 Å². The first-order valence-electron chi connectivity index (χ1n) is 5.05. The van der Waals surface area contributed by atoms with Crippen LogP contribution in [0.2, 0.25) is 0 Å². The topological polar surface area (TPSA) is 57.1 Å². The van der Waals surface area contributed by atoms with Gasteiger partial charge in [-0.3, -0.25) is 4.99 Å². The van der Waals surface area contributed by atoms with E-state index in [0.717, 1.165) is 25.5 Å². The molecule has 80 valence electrons. The molecule has 2 atom stereocenters. The predicted molar refractivity (Wildman–Crippen MR) is 53.3 cm³/mol. The third-order valence-corrected chi connectivity index (χ3v) is 2.64. The number of nitrogens with one attached hydrogen (secondary N) is 1. The van der Waals surface area contributed by atoms with Gasteiger partial charge in [-0.25, -0.2) is 0 Å². The number of rotatable bonds is 1. The molecule has 5 heteroatoms. The first kappa shape index (κ1) is 9.73. The summed E-state index contributed by atoms with van der Waals surface area (Å²) in [7, 11) is 2.01. The Balaban J connectivity index is 1.92. The lowest BCUT2D eigenvalue weighted by atomic mass is 10.2. The van der Waals surface area contributed by atoms with E-state index in [4.69, 9.17) is 4.74 Å². The molecule has 0 aromatic heterocycles. The van der Waals surface area contributed by atoms with Crippen molar-refractivity contribution in [3.63, 3.8) is 0 Å². The fourth-order valence-corrected chi connectivity index (χ4v) is 1.72. The Kier molecular flexibility index (Phi) is 2.88. The lowest BCUT2D eigenvalue weighted by molar-refractivity contribution is 0.123. The van der Waals surface area contributed by atoms with Crippen LogP contribution in [0, 0.1) is 0 Å². The molecular weight excluding hydrogens is 182 g/mol. The number of aliphatic imine (C=N–C) groups is 1.